The van der Waals surface area contributed by atoms with E-state index >= 15 is 8.78 Å². The molecular formula is C38H34ClF7N2O6S. The molecule has 4 aromatic carbocycles. The number of methoxy groups -OCH3 is 1. The van der Waals surface area contributed by atoms with E-state index in [2.05, 4.69) is 0 Å². The summed E-state index contributed by atoms with van der Waals surface area (Å²) in [5.41, 5.74) is -0.511. The molecule has 0 radical (unpaired) electrons. The first-order valence-corrected chi connectivity index (χ1v) is 18.4. The van der Waals surface area contributed by atoms with Gasteiger partial charge in [0.05, 0.1) is 37.0 Å². The number of amides is 1. The van der Waals surface area contributed by atoms with Crippen LogP contribution in [0, 0.1) is 23.3 Å². The Hall–Kier alpha value is -4.67. The monoisotopic (exact) mass is 814 g/mol. The molecule has 0 spiro atoms. The summed E-state index contributed by atoms with van der Waals surface area (Å²) < 4.78 is 135. The Morgan fingerprint density at radius 3 is 2.13 bits per heavy atom. The highest BCUT2D eigenvalue weighted by Gasteiger charge is 2.40. The van der Waals surface area contributed by atoms with Crippen molar-refractivity contribution in [3.8, 4) is 5.75 Å². The summed E-state index contributed by atoms with van der Waals surface area (Å²) in [6.45, 7) is 2.78. The lowest BCUT2D eigenvalue weighted by atomic mass is 9.84. The summed E-state index contributed by atoms with van der Waals surface area (Å²) in [6, 6.07) is 12.7. The van der Waals surface area contributed by atoms with Crippen molar-refractivity contribution in [3.05, 3.63) is 122 Å². The zero-order valence-corrected chi connectivity index (χ0v) is 31.3. The lowest BCUT2D eigenvalue weighted by molar-refractivity contribution is -0.138. The van der Waals surface area contributed by atoms with Gasteiger partial charge >= 0.3 is 12.1 Å². The third-order valence-electron chi connectivity index (χ3n) is 9.04. The first kappa shape index (κ1) is 41.5. The predicted octanol–water partition coefficient (Wildman–Crippen LogP) is 9.22. The molecule has 1 aliphatic rings. The maximum absolute atomic E-state index is 15.3. The zero-order valence-electron chi connectivity index (χ0n) is 29.7. The van der Waals surface area contributed by atoms with Gasteiger partial charge in [0.15, 0.2) is 28.2 Å². The Morgan fingerprint density at radius 2 is 1.55 bits per heavy atom. The summed E-state index contributed by atoms with van der Waals surface area (Å²) >= 11 is 5.48. The van der Waals surface area contributed by atoms with Gasteiger partial charge in [0.25, 0.3) is 0 Å². The molecule has 8 nitrogen and oxygen atoms in total. The Balaban J connectivity index is 1.70. The van der Waals surface area contributed by atoms with Gasteiger partial charge in [0.1, 0.15) is 10.8 Å². The highest BCUT2D eigenvalue weighted by Crippen LogP contribution is 2.43. The Morgan fingerprint density at radius 1 is 0.891 bits per heavy atom. The Bertz CT molecular complexity index is 2250. The lowest BCUT2D eigenvalue weighted by Gasteiger charge is -2.30. The number of anilines is 1. The van der Waals surface area contributed by atoms with Gasteiger partial charge in [-0.3, -0.25) is 4.79 Å². The van der Waals surface area contributed by atoms with Crippen LogP contribution in [0.2, 0.25) is 5.02 Å². The molecule has 0 aliphatic heterocycles. The summed E-state index contributed by atoms with van der Waals surface area (Å²) in [4.78, 5) is 25.2. The average molecular weight is 815 g/mol. The molecule has 1 amide bonds. The number of nitrogens with zero attached hydrogens (tertiary/aromatic N) is 2. The number of carboxylic acid groups (broad SMARTS) is 1. The van der Waals surface area contributed by atoms with Gasteiger partial charge in [0.2, 0.25) is 15.9 Å². The number of carbonyl (C=O) groups is 2. The van der Waals surface area contributed by atoms with Crippen LogP contribution in [-0.2, 0) is 39.5 Å². The number of sulfonamides is 1. The second-order valence-corrected chi connectivity index (χ2v) is 16.2. The molecule has 0 atom stereocenters. The van der Waals surface area contributed by atoms with Crippen molar-refractivity contribution in [3.63, 3.8) is 0 Å². The van der Waals surface area contributed by atoms with Crippen molar-refractivity contribution in [2.75, 3.05) is 18.6 Å². The van der Waals surface area contributed by atoms with Crippen LogP contribution in [-0.4, -0.2) is 43.4 Å². The third kappa shape index (κ3) is 8.76. The fourth-order valence-corrected chi connectivity index (χ4v) is 7.67. The molecule has 17 heteroatoms. The number of rotatable bonds is 12. The van der Waals surface area contributed by atoms with E-state index in [1.165, 1.54) is 13.2 Å². The van der Waals surface area contributed by atoms with E-state index < -0.39 is 85.5 Å². The molecule has 1 N–H and O–H groups in total. The summed E-state index contributed by atoms with van der Waals surface area (Å²) in [5, 5.41) is 7.85. The minimum atomic E-state index is -5.87. The van der Waals surface area contributed by atoms with Gasteiger partial charge in [0, 0.05) is 6.54 Å². The molecule has 0 saturated heterocycles. The largest absolute Gasteiger partial charge is 0.495 e. The molecular weight excluding hydrogens is 781 g/mol. The van der Waals surface area contributed by atoms with Crippen LogP contribution in [0.4, 0.5) is 36.4 Å². The van der Waals surface area contributed by atoms with Crippen molar-refractivity contribution in [1.82, 2.24) is 4.31 Å². The van der Waals surface area contributed by atoms with Crippen LogP contribution in [0.1, 0.15) is 77.7 Å². The summed E-state index contributed by atoms with van der Waals surface area (Å²) in [6.07, 6.45) is -3.25. The van der Waals surface area contributed by atoms with Crippen molar-refractivity contribution in [1.29, 1.82) is 0 Å². The number of aromatic carboxylic acids is 1. The van der Waals surface area contributed by atoms with E-state index in [0.717, 1.165) is 59.2 Å². The number of carboxylic acids is 1. The molecule has 0 heterocycles. The van der Waals surface area contributed by atoms with E-state index in [1.54, 1.807) is 6.07 Å². The number of halogens is 8. The molecule has 1 aliphatic carbocycles. The molecule has 5 rings (SSSR count). The Labute approximate surface area is 317 Å². The molecule has 294 valence electrons. The van der Waals surface area contributed by atoms with Gasteiger partial charge in [-0.1, -0.05) is 68.8 Å². The topological polar surface area (TPSA) is 104 Å². The van der Waals surface area contributed by atoms with Crippen LogP contribution in [0.5, 0.6) is 5.75 Å². The fourth-order valence-electron chi connectivity index (χ4n) is 5.95. The number of alkyl halides is 3. The minimum Gasteiger partial charge on any atom is -0.495 e. The predicted molar refractivity (Wildman–Crippen MR) is 189 cm³/mol. The smallest absolute Gasteiger partial charge is 0.416 e. The number of hydrogen-bond acceptors (Lipinski definition) is 5. The van der Waals surface area contributed by atoms with Gasteiger partial charge in [-0.05, 0) is 70.7 Å². The maximum Gasteiger partial charge on any atom is 0.416 e. The molecule has 1 fully saturated rings. The molecule has 0 aromatic heterocycles. The standard InChI is InChI=1S/C38H34ClF7N2O6S/c1-37(2,3)25-14-20(13-24(15-25)21-9-10-21)17-48(27-12-11-22(36(50)51)16-28(27)54-4)29(49)19-47(18-23-7-5-6-8-26(23)38(44,45)46)55(52,53)35-32(41)30(39)31(40)33(42)34(35)43/h5-8,11-16,21H,9-10,17-19H2,1-4H3,(H,50,51). The van der Waals surface area contributed by atoms with E-state index in [0.29, 0.717) is 11.6 Å². The number of ether oxygens (including phenoxy) is 1. The van der Waals surface area contributed by atoms with Crippen molar-refractivity contribution in [2.45, 2.75) is 69.1 Å². The molecule has 55 heavy (non-hydrogen) atoms. The number of benzene rings is 4. The number of hydrogen-bond donors (Lipinski definition) is 1. The average Bonchev–Trinajstić information content (AvgIpc) is 3.97. The highest BCUT2D eigenvalue weighted by atomic mass is 35.5. The van der Waals surface area contributed by atoms with E-state index in [1.807, 2.05) is 32.9 Å². The molecule has 1 saturated carbocycles. The highest BCUT2D eigenvalue weighted by molar-refractivity contribution is 7.89. The van der Waals surface area contributed by atoms with Crippen molar-refractivity contribution >= 4 is 39.2 Å². The summed E-state index contributed by atoms with van der Waals surface area (Å²) in [5.74, 6) is -12.1. The fraction of sp³-hybridized carbons (Fsp3) is 0.316. The normalized spacial score (nSPS) is 13.6. The van der Waals surface area contributed by atoms with Crippen LogP contribution < -0.4 is 9.64 Å². The third-order valence-corrected chi connectivity index (χ3v) is 11.2. The van der Waals surface area contributed by atoms with Crippen LogP contribution in [0.25, 0.3) is 0 Å². The number of carbonyl (C=O) groups excluding carboxylic acids is 1. The lowest BCUT2D eigenvalue weighted by Crippen LogP contribution is -2.43. The molecule has 0 bridgehead atoms. The van der Waals surface area contributed by atoms with Crippen LogP contribution >= 0.6 is 11.6 Å². The first-order valence-electron chi connectivity index (χ1n) is 16.6. The van der Waals surface area contributed by atoms with E-state index in [9.17, 15) is 45.1 Å². The molecule has 0 unspecified atom stereocenters. The van der Waals surface area contributed by atoms with Gasteiger partial charge < -0.3 is 14.7 Å². The maximum atomic E-state index is 15.3. The zero-order chi connectivity index (χ0) is 40.8. The van der Waals surface area contributed by atoms with Crippen molar-refractivity contribution in [2.24, 2.45) is 0 Å². The van der Waals surface area contributed by atoms with E-state index in [4.69, 9.17) is 16.3 Å². The quantitative estimate of drug-likeness (QED) is 0.0870. The Kier molecular flexibility index (Phi) is 11.7. The van der Waals surface area contributed by atoms with Gasteiger partial charge in [-0.15, -0.1) is 0 Å². The van der Waals surface area contributed by atoms with Crippen molar-refractivity contribution < 1.29 is 58.6 Å². The second-order valence-electron chi connectivity index (χ2n) is 14.0. The SMILES string of the molecule is COc1cc(C(=O)O)ccc1N(Cc1cc(C2CC2)cc(C(C)(C)C)c1)C(=O)CN(Cc1ccccc1C(F)(F)F)S(=O)(=O)c1c(F)c(F)c(F)c(Cl)c1F. The van der Waals surface area contributed by atoms with Gasteiger partial charge in [-0.25, -0.2) is 30.8 Å². The second kappa shape index (κ2) is 15.5. The molecule has 4 aromatic rings. The van der Waals surface area contributed by atoms with E-state index in [-0.39, 0.29) is 39.2 Å². The van der Waals surface area contributed by atoms with Gasteiger partial charge in [-0.2, -0.15) is 17.5 Å². The first-order chi connectivity index (χ1) is 25.6. The summed E-state index contributed by atoms with van der Waals surface area (Å²) in [7, 11) is -4.70. The minimum absolute atomic E-state index is 0.0125. The van der Waals surface area contributed by atoms with Crippen LogP contribution in [0.15, 0.2) is 65.6 Å². The van der Waals surface area contributed by atoms with Crippen LogP contribution in [0.3, 0.4) is 0 Å².